The van der Waals surface area contributed by atoms with Crippen molar-refractivity contribution < 1.29 is 18.0 Å². The van der Waals surface area contributed by atoms with Crippen molar-refractivity contribution in [2.75, 3.05) is 5.75 Å². The summed E-state index contributed by atoms with van der Waals surface area (Å²) < 4.78 is 41.2. The van der Waals surface area contributed by atoms with E-state index in [4.69, 9.17) is 0 Å². The number of rotatable bonds is 7. The number of amides is 1. The van der Waals surface area contributed by atoms with Crippen LogP contribution in [0.5, 0.6) is 0 Å². The molecule has 3 aromatic rings. The first-order chi connectivity index (χ1) is 14.1. The molecule has 0 radical (unpaired) electrons. The number of carbonyl (C=O) groups excluding carboxylic acids is 1. The van der Waals surface area contributed by atoms with Crippen LogP contribution in [0.15, 0.2) is 53.7 Å². The highest BCUT2D eigenvalue weighted by Crippen LogP contribution is 2.33. The molecule has 1 aromatic heterocycles. The Bertz CT molecular complexity index is 1020. The van der Waals surface area contributed by atoms with Crippen LogP contribution in [0.1, 0.15) is 31.9 Å². The number of hydrogen-bond donors (Lipinski definition) is 1. The average molecular weight is 436 g/mol. The normalized spacial score (nSPS) is 13.0. The lowest BCUT2D eigenvalue weighted by Gasteiger charge is -2.17. The Morgan fingerprint density at radius 2 is 1.83 bits per heavy atom. The molecule has 30 heavy (non-hydrogen) atoms. The fourth-order valence-electron chi connectivity index (χ4n) is 2.91. The number of imidazole rings is 1. The fourth-order valence-corrected chi connectivity index (χ4v) is 3.73. The number of thioether (sulfide) groups is 1. The largest absolute Gasteiger partial charge is 0.416 e. The Morgan fingerprint density at radius 3 is 2.47 bits per heavy atom. The highest BCUT2D eigenvalue weighted by atomic mass is 32.2. The van der Waals surface area contributed by atoms with Gasteiger partial charge >= 0.3 is 6.18 Å². The minimum Gasteiger partial charge on any atom is -0.353 e. The van der Waals surface area contributed by atoms with Crippen LogP contribution in [-0.2, 0) is 17.5 Å². The highest BCUT2D eigenvalue weighted by Gasteiger charge is 2.31. The van der Waals surface area contributed by atoms with Gasteiger partial charge in [-0.25, -0.2) is 4.98 Å². The molecule has 2 aromatic carbocycles. The minimum absolute atomic E-state index is 0.0376. The molecule has 1 amide bonds. The highest BCUT2D eigenvalue weighted by molar-refractivity contribution is 7.99. The summed E-state index contributed by atoms with van der Waals surface area (Å²) in [6, 6.07) is 13.2. The van der Waals surface area contributed by atoms with Gasteiger partial charge in [0, 0.05) is 6.04 Å². The van der Waals surface area contributed by atoms with Crippen molar-refractivity contribution in [1.29, 1.82) is 0 Å². The van der Waals surface area contributed by atoms with Crippen LogP contribution >= 0.6 is 11.8 Å². The second-order valence-corrected chi connectivity index (χ2v) is 8.50. The summed E-state index contributed by atoms with van der Waals surface area (Å²) in [5.41, 5.74) is 1.13. The van der Waals surface area contributed by atoms with Crippen molar-refractivity contribution in [1.82, 2.24) is 14.9 Å². The Morgan fingerprint density at radius 1 is 1.13 bits per heavy atom. The molecular weight excluding hydrogens is 411 g/mol. The number of hydrogen-bond acceptors (Lipinski definition) is 3. The molecule has 3 rings (SSSR count). The first kappa shape index (κ1) is 22.2. The van der Waals surface area contributed by atoms with Crippen molar-refractivity contribution in [2.24, 2.45) is 5.92 Å². The van der Waals surface area contributed by atoms with Gasteiger partial charge in [0.1, 0.15) is 0 Å². The van der Waals surface area contributed by atoms with E-state index in [9.17, 15) is 18.0 Å². The van der Waals surface area contributed by atoms with Gasteiger partial charge in [-0.05, 0) is 36.6 Å². The van der Waals surface area contributed by atoms with Crippen molar-refractivity contribution in [3.8, 4) is 0 Å². The van der Waals surface area contributed by atoms with E-state index in [1.165, 1.54) is 17.8 Å². The predicted molar refractivity (Wildman–Crippen MR) is 113 cm³/mol. The maximum Gasteiger partial charge on any atom is 0.416 e. The number of fused-ring (bicyclic) bond motifs is 1. The molecule has 0 aliphatic rings. The number of aromatic nitrogens is 2. The second-order valence-electron chi connectivity index (χ2n) is 7.56. The Hall–Kier alpha value is -2.48. The van der Waals surface area contributed by atoms with E-state index < -0.39 is 11.7 Å². The maximum absolute atomic E-state index is 13.1. The quantitative estimate of drug-likeness (QED) is 0.509. The van der Waals surface area contributed by atoms with Gasteiger partial charge in [0.15, 0.2) is 5.16 Å². The molecule has 1 heterocycles. The Kier molecular flexibility index (Phi) is 6.75. The van der Waals surface area contributed by atoms with Crippen molar-refractivity contribution in [3.63, 3.8) is 0 Å². The van der Waals surface area contributed by atoms with Crippen molar-refractivity contribution >= 4 is 28.7 Å². The number of alkyl halides is 3. The predicted octanol–water partition coefficient (Wildman–Crippen LogP) is 5.36. The summed E-state index contributed by atoms with van der Waals surface area (Å²) in [5.74, 6) is 0.319. The molecule has 0 aliphatic heterocycles. The zero-order valence-corrected chi connectivity index (χ0v) is 17.8. The number of carbonyl (C=O) groups is 1. The number of nitrogens with zero attached hydrogens (tertiary/aromatic N) is 2. The number of nitrogens with one attached hydrogen (secondary N) is 1. The van der Waals surface area contributed by atoms with Gasteiger partial charge in [-0.3, -0.25) is 4.79 Å². The second kappa shape index (κ2) is 9.12. The van der Waals surface area contributed by atoms with Crippen LogP contribution in [0.25, 0.3) is 11.0 Å². The summed E-state index contributed by atoms with van der Waals surface area (Å²) in [5, 5.41) is 3.45. The monoisotopic (exact) mass is 435 g/mol. The molecule has 4 nitrogen and oxygen atoms in total. The summed E-state index contributed by atoms with van der Waals surface area (Å²) in [6.45, 7) is 6.44. The molecule has 160 valence electrons. The molecule has 1 N–H and O–H groups in total. The third-order valence-corrected chi connectivity index (χ3v) is 5.92. The molecular formula is C22H24F3N3OS. The average Bonchev–Trinajstić information content (AvgIpc) is 3.03. The van der Waals surface area contributed by atoms with E-state index in [1.54, 1.807) is 0 Å². The zero-order chi connectivity index (χ0) is 21.9. The molecule has 1 atom stereocenters. The third kappa shape index (κ3) is 5.36. The smallest absolute Gasteiger partial charge is 0.353 e. The van der Waals surface area contributed by atoms with Gasteiger partial charge < -0.3 is 9.88 Å². The lowest BCUT2D eigenvalue weighted by Crippen LogP contribution is -2.37. The maximum atomic E-state index is 13.1. The van der Waals surface area contributed by atoms with E-state index in [2.05, 4.69) is 10.3 Å². The van der Waals surface area contributed by atoms with Gasteiger partial charge in [0.2, 0.25) is 5.91 Å². The standard InChI is InChI=1S/C22H24F3N3OS/c1-14(2)15(3)26-20(29)13-30-21-27-18-11-17(22(23,24)25)9-10-19(18)28(21)12-16-7-5-4-6-8-16/h4-11,14-15H,12-13H2,1-3H3,(H,26,29)/t15-/m0/s1. The van der Waals surface area contributed by atoms with Gasteiger partial charge in [0.25, 0.3) is 0 Å². The third-order valence-electron chi connectivity index (χ3n) is 4.95. The Balaban J connectivity index is 1.90. The van der Waals surface area contributed by atoms with Crippen LogP contribution in [0, 0.1) is 5.92 Å². The van der Waals surface area contributed by atoms with E-state index in [0.717, 1.165) is 17.7 Å². The van der Waals surface area contributed by atoms with Crippen LogP contribution in [0.3, 0.4) is 0 Å². The van der Waals surface area contributed by atoms with E-state index in [0.29, 0.717) is 23.1 Å². The van der Waals surface area contributed by atoms with Gasteiger partial charge in [-0.15, -0.1) is 0 Å². The van der Waals surface area contributed by atoms with Crippen LogP contribution in [0.4, 0.5) is 13.2 Å². The molecule has 0 spiro atoms. The van der Waals surface area contributed by atoms with E-state index in [-0.39, 0.29) is 23.2 Å². The van der Waals surface area contributed by atoms with Crippen molar-refractivity contribution in [2.45, 2.75) is 44.7 Å². The fraction of sp³-hybridized carbons (Fsp3) is 0.364. The molecule has 0 bridgehead atoms. The topological polar surface area (TPSA) is 46.9 Å². The van der Waals surface area contributed by atoms with Crippen LogP contribution in [-0.4, -0.2) is 27.3 Å². The van der Waals surface area contributed by atoms with E-state index in [1.807, 2.05) is 55.7 Å². The van der Waals surface area contributed by atoms with Crippen molar-refractivity contribution in [3.05, 3.63) is 59.7 Å². The van der Waals surface area contributed by atoms with Crippen LogP contribution < -0.4 is 5.32 Å². The van der Waals surface area contributed by atoms with Gasteiger partial charge in [-0.2, -0.15) is 13.2 Å². The first-order valence-electron chi connectivity index (χ1n) is 9.68. The van der Waals surface area contributed by atoms with Crippen LogP contribution in [0.2, 0.25) is 0 Å². The molecule has 0 fully saturated rings. The molecule has 0 saturated carbocycles. The summed E-state index contributed by atoms with van der Waals surface area (Å²) >= 11 is 1.23. The molecule has 0 unspecified atom stereocenters. The lowest BCUT2D eigenvalue weighted by atomic mass is 10.1. The molecule has 0 aliphatic carbocycles. The SMILES string of the molecule is CC(C)[C@H](C)NC(=O)CSc1nc2cc(C(F)(F)F)ccc2n1Cc1ccccc1. The van der Waals surface area contributed by atoms with Gasteiger partial charge in [0.05, 0.1) is 28.9 Å². The first-order valence-corrected chi connectivity index (χ1v) is 10.7. The molecule has 0 saturated heterocycles. The molecule has 8 heteroatoms. The minimum atomic E-state index is -4.43. The lowest BCUT2D eigenvalue weighted by molar-refractivity contribution is -0.137. The summed E-state index contributed by atoms with van der Waals surface area (Å²) in [7, 11) is 0. The summed E-state index contributed by atoms with van der Waals surface area (Å²) in [4.78, 5) is 16.7. The summed E-state index contributed by atoms with van der Waals surface area (Å²) in [6.07, 6.45) is -4.43. The number of benzene rings is 2. The zero-order valence-electron chi connectivity index (χ0n) is 17.0. The Labute approximate surface area is 177 Å². The number of halogens is 3. The van der Waals surface area contributed by atoms with E-state index >= 15 is 0 Å². The van der Waals surface area contributed by atoms with Gasteiger partial charge in [-0.1, -0.05) is 55.9 Å².